The first kappa shape index (κ1) is 28.6. The molecule has 1 aliphatic heterocycles. The zero-order valence-electron chi connectivity index (χ0n) is 22.3. The van der Waals surface area contributed by atoms with Crippen LogP contribution in [0.3, 0.4) is 0 Å². The maximum atomic E-state index is 14.0. The van der Waals surface area contributed by atoms with Crippen LogP contribution >= 0.6 is 0 Å². The van der Waals surface area contributed by atoms with Gasteiger partial charge in [-0.3, -0.25) is 9.69 Å². The maximum Gasteiger partial charge on any atom is 0.433 e. The summed E-state index contributed by atoms with van der Waals surface area (Å²) in [6.45, 7) is 5.58. The van der Waals surface area contributed by atoms with Gasteiger partial charge in [0.15, 0.2) is 17.0 Å². The molecule has 0 saturated carbocycles. The van der Waals surface area contributed by atoms with Gasteiger partial charge in [0.05, 0.1) is 11.3 Å². The van der Waals surface area contributed by atoms with Crippen LogP contribution in [0.1, 0.15) is 52.6 Å². The molecule has 6 nitrogen and oxygen atoms in total. The van der Waals surface area contributed by atoms with E-state index in [4.69, 9.17) is 0 Å². The molecule has 1 amide bonds. The quantitative estimate of drug-likeness (QED) is 0.255. The number of carbonyl (C=O) groups excluding carboxylic acids is 1. The van der Waals surface area contributed by atoms with Crippen molar-refractivity contribution in [2.45, 2.75) is 38.7 Å². The summed E-state index contributed by atoms with van der Waals surface area (Å²) in [6, 6.07) is 14.4. The molecule has 0 aliphatic carbocycles. The van der Waals surface area contributed by atoms with Crippen molar-refractivity contribution in [3.8, 4) is 11.3 Å². The fraction of sp³-hybridized carbons (Fsp3) is 0.345. The van der Waals surface area contributed by atoms with E-state index in [0.29, 0.717) is 28.7 Å². The summed E-state index contributed by atoms with van der Waals surface area (Å²) in [5, 5.41) is 3.97. The molecule has 2 aromatic heterocycles. The Bertz CT molecular complexity index is 1550. The van der Waals surface area contributed by atoms with E-state index in [1.807, 2.05) is 30.9 Å². The molecule has 2 aromatic carbocycles. The summed E-state index contributed by atoms with van der Waals surface area (Å²) >= 11 is 0. The van der Waals surface area contributed by atoms with Crippen molar-refractivity contribution in [3.63, 3.8) is 0 Å². The Morgan fingerprint density at radius 3 is 2.17 bits per heavy atom. The summed E-state index contributed by atoms with van der Waals surface area (Å²) in [4.78, 5) is 21.0. The Morgan fingerprint density at radius 1 is 0.878 bits per heavy atom. The van der Waals surface area contributed by atoms with Crippen LogP contribution in [-0.2, 0) is 18.9 Å². The molecule has 0 unspecified atom stereocenters. The number of hydrogen-bond donors (Lipinski definition) is 0. The second-order valence-electron chi connectivity index (χ2n) is 10.4. The summed E-state index contributed by atoms with van der Waals surface area (Å²) in [7, 11) is 0. The highest BCUT2D eigenvalue weighted by molar-refractivity contribution is 5.93. The first-order valence-electron chi connectivity index (χ1n) is 13.1. The topological polar surface area (TPSA) is 53.7 Å². The van der Waals surface area contributed by atoms with Crippen molar-refractivity contribution in [2.24, 2.45) is 0 Å². The van der Waals surface area contributed by atoms with Crippen LogP contribution in [0.25, 0.3) is 16.9 Å². The van der Waals surface area contributed by atoms with Crippen LogP contribution < -0.4 is 0 Å². The first-order valence-corrected chi connectivity index (χ1v) is 13.1. The van der Waals surface area contributed by atoms with E-state index in [0.717, 1.165) is 23.8 Å². The number of hydrogen-bond acceptors (Lipinski definition) is 4. The third-order valence-electron chi connectivity index (χ3n) is 7.13. The van der Waals surface area contributed by atoms with Crippen LogP contribution in [-0.4, -0.2) is 56.5 Å². The molecule has 0 spiro atoms. The van der Waals surface area contributed by atoms with E-state index in [-0.39, 0.29) is 42.6 Å². The molecule has 216 valence electrons. The standard InChI is InChI=1S/C29H27F6N5O/c1-18(2)20-6-8-21(9-7-20)23-15-25(29(33,34)35)40-26(36-23)16-24(37-40)27(41)39-12-10-38(11-13-39)17-19-4-3-5-22(14-19)28(30,31)32/h3-9,14-16,18H,10-13,17H2,1-2H3. The Labute approximate surface area is 232 Å². The minimum atomic E-state index is -4.74. The highest BCUT2D eigenvalue weighted by Crippen LogP contribution is 2.33. The van der Waals surface area contributed by atoms with Crippen molar-refractivity contribution in [1.82, 2.24) is 24.4 Å². The van der Waals surface area contributed by atoms with E-state index in [1.54, 1.807) is 18.2 Å². The minimum absolute atomic E-state index is 0.103. The average Bonchev–Trinajstić information content (AvgIpc) is 3.36. The van der Waals surface area contributed by atoms with Gasteiger partial charge in [-0.05, 0) is 29.2 Å². The van der Waals surface area contributed by atoms with Crippen molar-refractivity contribution in [1.29, 1.82) is 0 Å². The van der Waals surface area contributed by atoms with Gasteiger partial charge in [-0.2, -0.15) is 31.4 Å². The fourth-order valence-corrected chi connectivity index (χ4v) is 4.84. The molecular formula is C29H27F6N5O. The van der Waals surface area contributed by atoms with Crippen LogP contribution in [0.5, 0.6) is 0 Å². The van der Waals surface area contributed by atoms with Crippen molar-refractivity contribution in [3.05, 3.63) is 88.7 Å². The van der Waals surface area contributed by atoms with Gasteiger partial charge < -0.3 is 4.90 Å². The van der Waals surface area contributed by atoms with Crippen molar-refractivity contribution >= 4 is 11.6 Å². The second kappa shape index (κ2) is 10.8. The van der Waals surface area contributed by atoms with Gasteiger partial charge in [-0.25, -0.2) is 9.50 Å². The third kappa shape index (κ3) is 6.22. The Morgan fingerprint density at radius 2 is 1.56 bits per heavy atom. The van der Waals surface area contributed by atoms with Crippen molar-refractivity contribution in [2.75, 3.05) is 26.2 Å². The van der Waals surface area contributed by atoms with E-state index in [1.165, 1.54) is 17.0 Å². The summed E-state index contributed by atoms with van der Waals surface area (Å²) in [5.41, 5.74) is 0.124. The SMILES string of the molecule is CC(C)c1ccc(-c2cc(C(F)(F)F)n3nc(C(=O)N4CCN(Cc5cccc(C(F)(F)F)c5)CC4)cc3n2)cc1. The zero-order chi connectivity index (χ0) is 29.5. The number of piperazine rings is 1. The van der Waals surface area contributed by atoms with Crippen LogP contribution in [0, 0.1) is 0 Å². The molecule has 5 rings (SSSR count). The number of fused-ring (bicyclic) bond motifs is 1. The lowest BCUT2D eigenvalue weighted by Crippen LogP contribution is -2.48. The highest BCUT2D eigenvalue weighted by atomic mass is 19.4. The summed E-state index contributed by atoms with van der Waals surface area (Å²) in [5.74, 6) is -0.277. The number of amides is 1. The zero-order valence-corrected chi connectivity index (χ0v) is 22.3. The molecule has 1 aliphatic rings. The number of rotatable bonds is 5. The van der Waals surface area contributed by atoms with Crippen LogP contribution in [0.2, 0.25) is 0 Å². The first-order chi connectivity index (χ1) is 19.3. The predicted octanol–water partition coefficient (Wildman–Crippen LogP) is 6.52. The van der Waals surface area contributed by atoms with E-state index in [9.17, 15) is 31.1 Å². The molecule has 1 saturated heterocycles. The smallest absolute Gasteiger partial charge is 0.335 e. The number of aromatic nitrogens is 3. The molecule has 0 N–H and O–H groups in total. The third-order valence-corrected chi connectivity index (χ3v) is 7.13. The lowest BCUT2D eigenvalue weighted by molar-refractivity contribution is -0.142. The van der Waals surface area contributed by atoms with Gasteiger partial charge in [0.1, 0.15) is 0 Å². The van der Waals surface area contributed by atoms with Gasteiger partial charge in [0.2, 0.25) is 0 Å². The summed E-state index contributed by atoms with van der Waals surface area (Å²) in [6.07, 6.45) is -9.18. The monoisotopic (exact) mass is 575 g/mol. The minimum Gasteiger partial charge on any atom is -0.335 e. The highest BCUT2D eigenvalue weighted by Gasteiger charge is 2.36. The molecule has 4 aromatic rings. The van der Waals surface area contributed by atoms with Crippen molar-refractivity contribution < 1.29 is 31.1 Å². The summed E-state index contributed by atoms with van der Waals surface area (Å²) < 4.78 is 81.8. The van der Waals surface area contributed by atoms with E-state index >= 15 is 0 Å². The molecular weight excluding hydrogens is 548 g/mol. The molecule has 12 heteroatoms. The lowest BCUT2D eigenvalue weighted by Gasteiger charge is -2.34. The lowest BCUT2D eigenvalue weighted by atomic mass is 10.0. The van der Waals surface area contributed by atoms with E-state index in [2.05, 4.69) is 10.1 Å². The number of carbonyl (C=O) groups is 1. The normalized spacial score (nSPS) is 15.2. The fourth-order valence-electron chi connectivity index (χ4n) is 4.84. The molecule has 0 atom stereocenters. The van der Waals surface area contributed by atoms with Gasteiger partial charge in [0.25, 0.3) is 5.91 Å². The second-order valence-corrected chi connectivity index (χ2v) is 10.4. The Balaban J connectivity index is 1.34. The van der Waals surface area contributed by atoms with Crippen LogP contribution in [0.4, 0.5) is 26.3 Å². The van der Waals surface area contributed by atoms with E-state index < -0.39 is 29.5 Å². The van der Waals surface area contributed by atoms with Gasteiger partial charge in [-0.1, -0.05) is 56.3 Å². The van der Waals surface area contributed by atoms with Gasteiger partial charge in [0, 0.05) is 44.4 Å². The maximum absolute atomic E-state index is 14.0. The molecule has 41 heavy (non-hydrogen) atoms. The number of alkyl halides is 6. The van der Waals surface area contributed by atoms with Crippen LogP contribution in [0.15, 0.2) is 60.7 Å². The molecule has 0 radical (unpaired) electrons. The Kier molecular flexibility index (Phi) is 7.54. The molecule has 3 heterocycles. The number of halogens is 6. The van der Waals surface area contributed by atoms with Gasteiger partial charge >= 0.3 is 12.4 Å². The number of nitrogens with zero attached hydrogens (tertiary/aromatic N) is 5. The molecule has 0 bridgehead atoms. The Hall–Kier alpha value is -3.93. The number of benzene rings is 2. The molecule has 1 fully saturated rings. The largest absolute Gasteiger partial charge is 0.433 e. The van der Waals surface area contributed by atoms with Gasteiger partial charge in [-0.15, -0.1) is 0 Å². The predicted molar refractivity (Wildman–Crippen MR) is 140 cm³/mol. The average molecular weight is 576 g/mol.